The molecule has 1 heterocycles. The van der Waals surface area contributed by atoms with Crippen molar-refractivity contribution in [3.8, 4) is 0 Å². The van der Waals surface area contributed by atoms with E-state index in [1.54, 1.807) is 0 Å². The zero-order valence-corrected chi connectivity index (χ0v) is 13.8. The fraction of sp³-hybridized carbons (Fsp3) is 0.938. The lowest BCUT2D eigenvalue weighted by Crippen LogP contribution is -2.60. The molecule has 0 aromatic carbocycles. The molecule has 1 aliphatic heterocycles. The number of aliphatic hydroxyl groups is 4. The van der Waals surface area contributed by atoms with Crippen LogP contribution in [0.1, 0.15) is 33.6 Å². The van der Waals surface area contributed by atoms with Crippen LogP contribution in [0.15, 0.2) is 0 Å². The van der Waals surface area contributed by atoms with Gasteiger partial charge in [0.25, 0.3) is 0 Å². The Morgan fingerprint density at radius 1 is 1.22 bits per heavy atom. The summed E-state index contributed by atoms with van der Waals surface area (Å²) < 4.78 is 11.2. The van der Waals surface area contributed by atoms with Crippen molar-refractivity contribution in [1.82, 2.24) is 0 Å². The van der Waals surface area contributed by atoms with Gasteiger partial charge in [-0.25, -0.2) is 0 Å². The highest BCUT2D eigenvalue weighted by molar-refractivity contribution is 5.55. The molecule has 0 bridgehead atoms. The maximum absolute atomic E-state index is 11.3. The molecular formula is C16H28O7. The van der Waals surface area contributed by atoms with Crippen LogP contribution in [0.25, 0.3) is 0 Å². The fourth-order valence-corrected chi connectivity index (χ4v) is 3.93. The van der Waals surface area contributed by atoms with E-state index in [0.29, 0.717) is 12.8 Å². The van der Waals surface area contributed by atoms with Crippen LogP contribution in [0.5, 0.6) is 0 Å². The highest BCUT2D eigenvalue weighted by Crippen LogP contribution is 2.44. The summed E-state index contributed by atoms with van der Waals surface area (Å²) in [6.07, 6.45) is -4.31. The molecule has 3 unspecified atom stereocenters. The first kappa shape index (κ1) is 18.8. The molecule has 1 saturated heterocycles. The van der Waals surface area contributed by atoms with E-state index in [1.807, 2.05) is 20.8 Å². The summed E-state index contributed by atoms with van der Waals surface area (Å²) >= 11 is 0. The lowest BCUT2D eigenvalue weighted by molar-refractivity contribution is -0.316. The Morgan fingerprint density at radius 3 is 2.39 bits per heavy atom. The minimum atomic E-state index is -1.44. The summed E-state index contributed by atoms with van der Waals surface area (Å²) in [6, 6.07) is 0. The molecule has 0 aromatic rings. The van der Waals surface area contributed by atoms with Gasteiger partial charge in [0, 0.05) is 5.92 Å². The Morgan fingerprint density at radius 2 is 1.87 bits per heavy atom. The van der Waals surface area contributed by atoms with Crippen LogP contribution in [0.2, 0.25) is 0 Å². The first-order chi connectivity index (χ1) is 10.7. The van der Waals surface area contributed by atoms with E-state index in [1.165, 1.54) is 0 Å². The minimum Gasteiger partial charge on any atom is -0.394 e. The monoisotopic (exact) mass is 332 g/mol. The lowest BCUT2D eigenvalue weighted by Gasteiger charge is -2.46. The number of carbonyl (C=O) groups excluding carboxylic acids is 1. The molecule has 0 spiro atoms. The highest BCUT2D eigenvalue weighted by Gasteiger charge is 2.47. The van der Waals surface area contributed by atoms with Gasteiger partial charge in [-0.15, -0.1) is 0 Å². The van der Waals surface area contributed by atoms with Crippen molar-refractivity contribution in [2.24, 2.45) is 17.3 Å². The third kappa shape index (κ3) is 3.75. The van der Waals surface area contributed by atoms with Crippen molar-refractivity contribution >= 4 is 6.29 Å². The molecule has 0 aromatic heterocycles. The van der Waals surface area contributed by atoms with Gasteiger partial charge >= 0.3 is 0 Å². The van der Waals surface area contributed by atoms with Crippen molar-refractivity contribution in [3.63, 3.8) is 0 Å². The maximum atomic E-state index is 11.3. The molecule has 0 amide bonds. The molecule has 0 radical (unpaired) electrons. The van der Waals surface area contributed by atoms with Crippen LogP contribution in [0.3, 0.4) is 0 Å². The first-order valence-electron chi connectivity index (χ1n) is 8.12. The van der Waals surface area contributed by atoms with Gasteiger partial charge in [0.15, 0.2) is 6.29 Å². The van der Waals surface area contributed by atoms with Crippen molar-refractivity contribution in [2.45, 2.75) is 70.4 Å². The number of hydrogen-bond donors (Lipinski definition) is 4. The Balaban J connectivity index is 2.05. The SMILES string of the molecule is CC1CC(O[C@@H]2O[C@H](CO)[C@@H](O)[C@H](O)[C@H]2O)CC(C)(C)C1C=O. The van der Waals surface area contributed by atoms with E-state index in [-0.39, 0.29) is 23.4 Å². The molecule has 2 fully saturated rings. The third-order valence-corrected chi connectivity index (χ3v) is 5.23. The van der Waals surface area contributed by atoms with Crippen LogP contribution in [-0.4, -0.2) is 70.1 Å². The second-order valence-electron chi connectivity index (χ2n) is 7.52. The Hall–Kier alpha value is -0.570. The van der Waals surface area contributed by atoms with Crippen molar-refractivity contribution in [3.05, 3.63) is 0 Å². The zero-order chi connectivity index (χ0) is 17.4. The third-order valence-electron chi connectivity index (χ3n) is 5.23. The summed E-state index contributed by atoms with van der Waals surface area (Å²) in [4.78, 5) is 11.3. The van der Waals surface area contributed by atoms with E-state index < -0.39 is 37.3 Å². The van der Waals surface area contributed by atoms with Crippen LogP contribution in [0, 0.1) is 17.3 Å². The Bertz CT molecular complexity index is 411. The predicted octanol–water partition coefficient (Wildman–Crippen LogP) is -0.557. The number of aldehydes is 1. The smallest absolute Gasteiger partial charge is 0.186 e. The van der Waals surface area contributed by atoms with Gasteiger partial charge in [-0.1, -0.05) is 20.8 Å². The molecule has 23 heavy (non-hydrogen) atoms. The number of rotatable bonds is 4. The summed E-state index contributed by atoms with van der Waals surface area (Å²) in [7, 11) is 0. The van der Waals surface area contributed by atoms with E-state index >= 15 is 0 Å². The zero-order valence-electron chi connectivity index (χ0n) is 13.8. The molecule has 2 rings (SSSR count). The normalized spacial score (nSPS) is 47.3. The van der Waals surface area contributed by atoms with E-state index in [2.05, 4.69) is 0 Å². The molecule has 7 heteroatoms. The average Bonchev–Trinajstić information content (AvgIpc) is 2.46. The first-order valence-corrected chi connectivity index (χ1v) is 8.12. The van der Waals surface area contributed by atoms with Gasteiger partial charge < -0.3 is 34.7 Å². The van der Waals surface area contributed by atoms with Crippen molar-refractivity contribution in [1.29, 1.82) is 0 Å². The van der Waals surface area contributed by atoms with E-state index in [0.717, 1.165) is 6.29 Å². The second kappa shape index (κ2) is 7.13. The molecule has 1 aliphatic carbocycles. The topological polar surface area (TPSA) is 116 Å². The molecule has 2 aliphatic rings. The number of ether oxygens (including phenoxy) is 2. The van der Waals surface area contributed by atoms with Gasteiger partial charge in [0.1, 0.15) is 30.7 Å². The summed E-state index contributed by atoms with van der Waals surface area (Å²) in [6.45, 7) is 5.52. The van der Waals surface area contributed by atoms with Gasteiger partial charge in [-0.05, 0) is 24.2 Å². The highest BCUT2D eigenvalue weighted by atomic mass is 16.7. The number of aliphatic hydroxyl groups excluding tert-OH is 4. The summed E-state index contributed by atoms with van der Waals surface area (Å²) in [5.41, 5.74) is -0.238. The molecule has 134 valence electrons. The maximum Gasteiger partial charge on any atom is 0.186 e. The van der Waals surface area contributed by atoms with Crippen LogP contribution in [-0.2, 0) is 14.3 Å². The molecule has 8 atom stereocenters. The van der Waals surface area contributed by atoms with Gasteiger partial charge in [-0.2, -0.15) is 0 Å². The lowest BCUT2D eigenvalue weighted by atomic mass is 9.64. The second-order valence-corrected chi connectivity index (χ2v) is 7.52. The van der Waals surface area contributed by atoms with Gasteiger partial charge in [0.2, 0.25) is 0 Å². The molecule has 7 nitrogen and oxygen atoms in total. The standard InChI is InChI=1S/C16H28O7/c1-8-4-9(5-16(2,3)10(8)6-17)22-15-14(21)13(20)12(19)11(7-18)23-15/h6,8-15,18-21H,4-5,7H2,1-3H3/t8?,9?,10?,11-,12-,13+,14-,15-/m1/s1. The molecule has 1 saturated carbocycles. The Kier molecular flexibility index (Phi) is 5.81. The molecular weight excluding hydrogens is 304 g/mol. The summed E-state index contributed by atoms with van der Waals surface area (Å²) in [5, 5.41) is 38.9. The summed E-state index contributed by atoms with van der Waals surface area (Å²) in [5.74, 6) is 0.0725. The van der Waals surface area contributed by atoms with Gasteiger partial charge in [0.05, 0.1) is 12.7 Å². The van der Waals surface area contributed by atoms with E-state index in [9.17, 15) is 25.2 Å². The fourth-order valence-electron chi connectivity index (χ4n) is 3.93. The average molecular weight is 332 g/mol. The van der Waals surface area contributed by atoms with Crippen molar-refractivity contribution in [2.75, 3.05) is 6.61 Å². The number of hydrogen-bond acceptors (Lipinski definition) is 7. The Labute approximate surface area is 136 Å². The van der Waals surface area contributed by atoms with Crippen LogP contribution < -0.4 is 0 Å². The van der Waals surface area contributed by atoms with Crippen LogP contribution >= 0.6 is 0 Å². The van der Waals surface area contributed by atoms with Gasteiger partial charge in [-0.3, -0.25) is 0 Å². The van der Waals surface area contributed by atoms with E-state index in [4.69, 9.17) is 9.47 Å². The molecule has 4 N–H and O–H groups in total. The minimum absolute atomic E-state index is 0.0582. The van der Waals surface area contributed by atoms with Crippen molar-refractivity contribution < 1.29 is 34.7 Å². The van der Waals surface area contributed by atoms with Crippen LogP contribution in [0.4, 0.5) is 0 Å². The largest absolute Gasteiger partial charge is 0.394 e. The number of carbonyl (C=O) groups is 1. The predicted molar refractivity (Wildman–Crippen MR) is 80.4 cm³/mol. The quantitative estimate of drug-likeness (QED) is 0.510.